The number of benzene rings is 1. The molecule has 0 saturated carbocycles. The molecule has 6 heteroatoms. The number of carbonyl (C=O) groups excluding carboxylic acids is 1. The number of anilines is 1. The third kappa shape index (κ3) is 3.69. The van der Waals surface area contributed by atoms with Crippen molar-refractivity contribution in [1.82, 2.24) is 14.5 Å². The van der Waals surface area contributed by atoms with E-state index in [1.54, 1.807) is 7.11 Å². The molecule has 1 fully saturated rings. The largest absolute Gasteiger partial charge is 0.497 e. The van der Waals surface area contributed by atoms with E-state index in [9.17, 15) is 4.79 Å². The number of aryl methyl sites for hydroxylation is 2. The SMILES string of the molecule is COc1ccc(CCC(=O)N2CCN(c3nccn3C)CC2)cc1. The van der Waals surface area contributed by atoms with Crippen molar-refractivity contribution >= 4 is 11.9 Å². The molecule has 1 aliphatic rings. The molecule has 0 spiro atoms. The number of carbonyl (C=O) groups is 1. The predicted octanol–water partition coefficient (Wildman–Crippen LogP) is 1.71. The van der Waals surface area contributed by atoms with E-state index in [1.807, 2.05) is 53.2 Å². The molecule has 3 rings (SSSR count). The Bertz CT molecular complexity index is 673. The van der Waals surface area contributed by atoms with Crippen LogP contribution in [0.1, 0.15) is 12.0 Å². The number of methoxy groups -OCH3 is 1. The number of imidazole rings is 1. The number of ether oxygens (including phenoxy) is 1. The summed E-state index contributed by atoms with van der Waals surface area (Å²) < 4.78 is 7.17. The zero-order valence-corrected chi connectivity index (χ0v) is 14.3. The van der Waals surface area contributed by atoms with Crippen LogP contribution in [0.4, 0.5) is 5.95 Å². The van der Waals surface area contributed by atoms with Gasteiger partial charge in [0.2, 0.25) is 11.9 Å². The van der Waals surface area contributed by atoms with Crippen molar-refractivity contribution < 1.29 is 9.53 Å². The fourth-order valence-corrected chi connectivity index (χ4v) is 3.02. The zero-order chi connectivity index (χ0) is 16.9. The van der Waals surface area contributed by atoms with E-state index in [1.165, 1.54) is 0 Å². The van der Waals surface area contributed by atoms with Gasteiger partial charge in [-0.15, -0.1) is 0 Å². The van der Waals surface area contributed by atoms with Crippen molar-refractivity contribution in [3.8, 4) is 5.75 Å². The van der Waals surface area contributed by atoms with Crippen LogP contribution in [0, 0.1) is 0 Å². The van der Waals surface area contributed by atoms with E-state index in [4.69, 9.17) is 4.74 Å². The number of aromatic nitrogens is 2. The molecule has 0 atom stereocenters. The van der Waals surface area contributed by atoms with Crippen LogP contribution in [0.3, 0.4) is 0 Å². The molecular formula is C18H24N4O2. The molecule has 0 bridgehead atoms. The van der Waals surface area contributed by atoms with Gasteiger partial charge in [0, 0.05) is 52.0 Å². The number of nitrogens with zero attached hydrogens (tertiary/aromatic N) is 4. The van der Waals surface area contributed by atoms with Gasteiger partial charge in [0.25, 0.3) is 0 Å². The molecule has 0 N–H and O–H groups in total. The summed E-state index contributed by atoms with van der Waals surface area (Å²) >= 11 is 0. The highest BCUT2D eigenvalue weighted by molar-refractivity contribution is 5.76. The van der Waals surface area contributed by atoms with E-state index in [2.05, 4.69) is 9.88 Å². The first-order valence-corrected chi connectivity index (χ1v) is 8.30. The Labute approximate surface area is 142 Å². The lowest BCUT2D eigenvalue weighted by molar-refractivity contribution is -0.131. The second kappa shape index (κ2) is 7.38. The summed E-state index contributed by atoms with van der Waals surface area (Å²) in [5.41, 5.74) is 1.16. The maximum Gasteiger partial charge on any atom is 0.223 e. The topological polar surface area (TPSA) is 50.6 Å². The number of hydrogen-bond donors (Lipinski definition) is 0. The zero-order valence-electron chi connectivity index (χ0n) is 14.3. The van der Waals surface area contributed by atoms with Crippen molar-refractivity contribution in [1.29, 1.82) is 0 Å². The van der Waals surface area contributed by atoms with Crippen LogP contribution in [0.2, 0.25) is 0 Å². The second-order valence-corrected chi connectivity index (χ2v) is 6.05. The number of hydrogen-bond acceptors (Lipinski definition) is 4. The number of rotatable bonds is 5. The lowest BCUT2D eigenvalue weighted by Crippen LogP contribution is -2.49. The third-order valence-electron chi connectivity index (χ3n) is 4.50. The monoisotopic (exact) mass is 328 g/mol. The van der Waals surface area contributed by atoms with Gasteiger partial charge in [0.15, 0.2) is 0 Å². The smallest absolute Gasteiger partial charge is 0.223 e. The fraction of sp³-hybridized carbons (Fsp3) is 0.444. The Morgan fingerprint density at radius 1 is 1.17 bits per heavy atom. The minimum absolute atomic E-state index is 0.227. The van der Waals surface area contributed by atoms with Crippen molar-refractivity contribution in [2.24, 2.45) is 7.05 Å². The Kier molecular flexibility index (Phi) is 5.03. The van der Waals surface area contributed by atoms with Crippen LogP contribution in [0.15, 0.2) is 36.7 Å². The van der Waals surface area contributed by atoms with Crippen molar-refractivity contribution in [2.75, 3.05) is 38.2 Å². The molecule has 24 heavy (non-hydrogen) atoms. The van der Waals surface area contributed by atoms with Gasteiger partial charge in [-0.1, -0.05) is 12.1 Å². The summed E-state index contributed by atoms with van der Waals surface area (Å²) in [5.74, 6) is 2.04. The lowest BCUT2D eigenvalue weighted by atomic mass is 10.1. The molecule has 0 radical (unpaired) electrons. The molecule has 0 aliphatic carbocycles. The highest BCUT2D eigenvalue weighted by Crippen LogP contribution is 2.15. The molecule has 2 aromatic rings. The minimum atomic E-state index is 0.227. The van der Waals surface area contributed by atoms with E-state index in [0.29, 0.717) is 6.42 Å². The van der Waals surface area contributed by atoms with E-state index in [0.717, 1.165) is 49.9 Å². The Balaban J connectivity index is 1.47. The standard InChI is InChI=1S/C18H24N4O2/c1-20-10-9-19-18(20)22-13-11-21(12-14-22)17(23)8-5-15-3-6-16(24-2)7-4-15/h3-4,6-7,9-10H,5,8,11-14H2,1-2H3. The fourth-order valence-electron chi connectivity index (χ4n) is 3.02. The van der Waals surface area contributed by atoms with Gasteiger partial charge in [-0.25, -0.2) is 4.98 Å². The van der Waals surface area contributed by atoms with Crippen molar-refractivity contribution in [3.63, 3.8) is 0 Å². The second-order valence-electron chi connectivity index (χ2n) is 6.05. The van der Waals surface area contributed by atoms with Crippen LogP contribution in [0.5, 0.6) is 5.75 Å². The van der Waals surface area contributed by atoms with Gasteiger partial charge >= 0.3 is 0 Å². The predicted molar refractivity (Wildman–Crippen MR) is 93.3 cm³/mol. The van der Waals surface area contributed by atoms with Crippen molar-refractivity contribution in [3.05, 3.63) is 42.2 Å². The van der Waals surface area contributed by atoms with Crippen LogP contribution in [0.25, 0.3) is 0 Å². The van der Waals surface area contributed by atoms with E-state index < -0.39 is 0 Å². The molecule has 1 amide bonds. The first kappa shape index (κ1) is 16.4. The summed E-state index contributed by atoms with van der Waals surface area (Å²) in [7, 11) is 3.65. The summed E-state index contributed by atoms with van der Waals surface area (Å²) in [4.78, 5) is 21.0. The molecule has 1 saturated heterocycles. The molecular weight excluding hydrogens is 304 g/mol. The summed E-state index contributed by atoms with van der Waals surface area (Å²) in [5, 5.41) is 0. The summed E-state index contributed by atoms with van der Waals surface area (Å²) in [6, 6.07) is 7.91. The summed E-state index contributed by atoms with van der Waals surface area (Å²) in [6.07, 6.45) is 5.07. The van der Waals surface area contributed by atoms with E-state index in [-0.39, 0.29) is 5.91 Å². The maximum absolute atomic E-state index is 12.4. The Morgan fingerprint density at radius 2 is 1.88 bits per heavy atom. The van der Waals surface area contributed by atoms with Gasteiger partial charge in [-0.2, -0.15) is 0 Å². The van der Waals surface area contributed by atoms with Gasteiger partial charge in [-0.3, -0.25) is 4.79 Å². The molecule has 1 aliphatic heterocycles. The van der Waals surface area contributed by atoms with Crippen LogP contribution >= 0.6 is 0 Å². The number of amides is 1. The van der Waals surface area contributed by atoms with Crippen molar-refractivity contribution in [2.45, 2.75) is 12.8 Å². The average Bonchev–Trinajstić information content (AvgIpc) is 3.06. The van der Waals surface area contributed by atoms with Gasteiger partial charge in [0.1, 0.15) is 5.75 Å². The highest BCUT2D eigenvalue weighted by Gasteiger charge is 2.22. The van der Waals surface area contributed by atoms with Gasteiger partial charge < -0.3 is 19.1 Å². The molecule has 2 heterocycles. The minimum Gasteiger partial charge on any atom is -0.497 e. The molecule has 1 aromatic carbocycles. The van der Waals surface area contributed by atoms with Crippen LogP contribution < -0.4 is 9.64 Å². The van der Waals surface area contributed by atoms with Gasteiger partial charge in [0.05, 0.1) is 7.11 Å². The average molecular weight is 328 g/mol. The molecule has 128 valence electrons. The Hall–Kier alpha value is -2.50. The molecule has 1 aromatic heterocycles. The van der Waals surface area contributed by atoms with Crippen LogP contribution in [-0.2, 0) is 18.3 Å². The highest BCUT2D eigenvalue weighted by atomic mass is 16.5. The molecule has 0 unspecified atom stereocenters. The lowest BCUT2D eigenvalue weighted by Gasteiger charge is -2.35. The maximum atomic E-state index is 12.4. The third-order valence-corrected chi connectivity index (χ3v) is 4.50. The quantitative estimate of drug-likeness (QED) is 0.838. The molecule has 6 nitrogen and oxygen atoms in total. The summed E-state index contributed by atoms with van der Waals surface area (Å²) in [6.45, 7) is 3.18. The van der Waals surface area contributed by atoms with E-state index >= 15 is 0 Å². The normalized spacial score (nSPS) is 14.8. The number of piperazine rings is 1. The van der Waals surface area contributed by atoms with Crippen LogP contribution in [-0.4, -0.2) is 53.6 Å². The Morgan fingerprint density at radius 3 is 2.46 bits per heavy atom. The van der Waals surface area contributed by atoms with Gasteiger partial charge in [-0.05, 0) is 24.1 Å². The first-order valence-electron chi connectivity index (χ1n) is 8.30. The first-order chi connectivity index (χ1) is 11.7.